The second-order valence-electron chi connectivity index (χ2n) is 6.14. The number of thiazole rings is 1. The topological polar surface area (TPSA) is 49.3 Å². The van der Waals surface area contributed by atoms with Crippen LogP contribution in [0.3, 0.4) is 0 Å². The van der Waals surface area contributed by atoms with Crippen LogP contribution in [0, 0.1) is 0 Å². The summed E-state index contributed by atoms with van der Waals surface area (Å²) >= 11 is 1.69. The third-order valence-corrected chi connectivity index (χ3v) is 4.10. The lowest BCUT2D eigenvalue weighted by Gasteiger charge is -2.14. The SMILES string of the molecule is CN=C(NCc1ccccc1)NCc1nc(C(C)(C)C)cs1.I. The fraction of sp³-hybridized carbons (Fsp3) is 0.412. The molecule has 23 heavy (non-hydrogen) atoms. The zero-order valence-electron chi connectivity index (χ0n) is 14.1. The number of halogens is 1. The Balaban J connectivity index is 0.00000264. The predicted octanol–water partition coefficient (Wildman–Crippen LogP) is 3.92. The monoisotopic (exact) mass is 444 g/mol. The molecule has 2 N–H and O–H groups in total. The molecular formula is C17H25IN4S. The van der Waals surface area contributed by atoms with Crippen LogP contribution in [0.5, 0.6) is 0 Å². The number of guanidine groups is 1. The van der Waals surface area contributed by atoms with Gasteiger partial charge in [0.2, 0.25) is 0 Å². The zero-order chi connectivity index (χ0) is 16.0. The number of nitrogens with one attached hydrogen (secondary N) is 2. The molecule has 2 rings (SSSR count). The molecule has 0 bridgehead atoms. The first-order valence-electron chi connectivity index (χ1n) is 7.42. The van der Waals surface area contributed by atoms with Gasteiger partial charge in [-0.3, -0.25) is 4.99 Å². The molecule has 0 aliphatic rings. The molecule has 0 spiro atoms. The number of benzene rings is 1. The first kappa shape index (κ1) is 19.9. The number of aromatic nitrogens is 1. The molecule has 1 aromatic heterocycles. The third-order valence-electron chi connectivity index (χ3n) is 3.25. The molecule has 0 atom stereocenters. The van der Waals surface area contributed by atoms with Crippen molar-refractivity contribution >= 4 is 41.3 Å². The summed E-state index contributed by atoms with van der Waals surface area (Å²) in [5, 5.41) is 9.83. The lowest BCUT2D eigenvalue weighted by atomic mass is 9.93. The molecule has 0 radical (unpaired) electrons. The van der Waals surface area contributed by atoms with E-state index in [1.165, 1.54) is 5.56 Å². The summed E-state index contributed by atoms with van der Waals surface area (Å²) in [4.78, 5) is 8.92. The van der Waals surface area contributed by atoms with Crippen LogP contribution >= 0.6 is 35.3 Å². The predicted molar refractivity (Wildman–Crippen MR) is 110 cm³/mol. The molecular weight excluding hydrogens is 419 g/mol. The van der Waals surface area contributed by atoms with Gasteiger partial charge < -0.3 is 10.6 Å². The summed E-state index contributed by atoms with van der Waals surface area (Å²) in [6.07, 6.45) is 0. The molecule has 126 valence electrons. The van der Waals surface area contributed by atoms with Crippen LogP contribution < -0.4 is 10.6 Å². The Morgan fingerprint density at radius 2 is 1.78 bits per heavy atom. The summed E-state index contributed by atoms with van der Waals surface area (Å²) in [7, 11) is 1.78. The highest BCUT2D eigenvalue weighted by Gasteiger charge is 2.17. The largest absolute Gasteiger partial charge is 0.352 e. The smallest absolute Gasteiger partial charge is 0.191 e. The maximum Gasteiger partial charge on any atom is 0.191 e. The Morgan fingerprint density at radius 1 is 1.13 bits per heavy atom. The summed E-state index contributed by atoms with van der Waals surface area (Å²) in [6, 6.07) is 10.3. The van der Waals surface area contributed by atoms with E-state index in [1.54, 1.807) is 18.4 Å². The standard InChI is InChI=1S/C17H24N4S.HI/c1-17(2,3)14-12-22-15(21-14)11-20-16(18-4)19-10-13-8-6-5-7-9-13;/h5-9,12H,10-11H2,1-4H3,(H2,18,19,20);1H. The van der Waals surface area contributed by atoms with Gasteiger partial charge in [0.1, 0.15) is 5.01 Å². The number of hydrogen-bond donors (Lipinski definition) is 2. The maximum absolute atomic E-state index is 4.68. The van der Waals surface area contributed by atoms with E-state index in [2.05, 4.69) is 58.9 Å². The lowest BCUT2D eigenvalue weighted by molar-refractivity contribution is 0.570. The van der Waals surface area contributed by atoms with Crippen LogP contribution in [0.4, 0.5) is 0 Å². The Kier molecular flexibility index (Phi) is 7.98. The Bertz CT molecular complexity index is 617. The van der Waals surface area contributed by atoms with Crippen molar-refractivity contribution in [3.8, 4) is 0 Å². The highest BCUT2D eigenvalue weighted by atomic mass is 127. The molecule has 2 aromatic rings. The maximum atomic E-state index is 4.68. The molecule has 0 amide bonds. The summed E-state index contributed by atoms with van der Waals surface area (Å²) in [5.74, 6) is 0.788. The van der Waals surface area contributed by atoms with Crippen LogP contribution in [0.25, 0.3) is 0 Å². The van der Waals surface area contributed by atoms with Gasteiger partial charge in [-0.05, 0) is 5.56 Å². The van der Waals surface area contributed by atoms with E-state index in [4.69, 9.17) is 0 Å². The normalized spacial score (nSPS) is 11.7. The van der Waals surface area contributed by atoms with Crippen LogP contribution in [-0.4, -0.2) is 18.0 Å². The van der Waals surface area contributed by atoms with E-state index in [9.17, 15) is 0 Å². The van der Waals surface area contributed by atoms with E-state index in [1.807, 2.05) is 18.2 Å². The molecule has 0 fully saturated rings. The summed E-state index contributed by atoms with van der Waals surface area (Å²) in [5.41, 5.74) is 2.47. The van der Waals surface area contributed by atoms with Crippen molar-refractivity contribution in [2.24, 2.45) is 4.99 Å². The molecule has 0 saturated carbocycles. The van der Waals surface area contributed by atoms with Gasteiger partial charge in [-0.25, -0.2) is 4.98 Å². The van der Waals surface area contributed by atoms with Crippen LogP contribution in [0.2, 0.25) is 0 Å². The van der Waals surface area contributed by atoms with Crippen molar-refractivity contribution in [1.29, 1.82) is 0 Å². The van der Waals surface area contributed by atoms with Crippen molar-refractivity contribution in [2.45, 2.75) is 39.3 Å². The zero-order valence-corrected chi connectivity index (χ0v) is 17.2. The van der Waals surface area contributed by atoms with Crippen molar-refractivity contribution in [2.75, 3.05) is 7.05 Å². The van der Waals surface area contributed by atoms with E-state index >= 15 is 0 Å². The molecule has 0 saturated heterocycles. The Labute approximate surface area is 159 Å². The molecule has 0 aliphatic carbocycles. The van der Waals surface area contributed by atoms with Gasteiger partial charge in [0.05, 0.1) is 12.2 Å². The van der Waals surface area contributed by atoms with Gasteiger partial charge in [0.15, 0.2) is 5.96 Å². The fourth-order valence-electron chi connectivity index (χ4n) is 1.90. The van der Waals surface area contributed by atoms with Gasteiger partial charge in [-0.2, -0.15) is 0 Å². The number of rotatable bonds is 4. The fourth-order valence-corrected chi connectivity index (χ4v) is 2.86. The van der Waals surface area contributed by atoms with Crippen molar-refractivity contribution in [1.82, 2.24) is 15.6 Å². The van der Waals surface area contributed by atoms with Gasteiger partial charge in [-0.15, -0.1) is 35.3 Å². The quantitative estimate of drug-likeness (QED) is 0.427. The highest BCUT2D eigenvalue weighted by Crippen LogP contribution is 2.23. The first-order chi connectivity index (χ1) is 10.5. The van der Waals surface area contributed by atoms with Crippen LogP contribution in [0.1, 0.15) is 37.0 Å². The van der Waals surface area contributed by atoms with Gasteiger partial charge >= 0.3 is 0 Å². The summed E-state index contributed by atoms with van der Waals surface area (Å²) < 4.78 is 0. The molecule has 0 aliphatic heterocycles. The highest BCUT2D eigenvalue weighted by molar-refractivity contribution is 14.0. The van der Waals surface area contributed by atoms with E-state index in [0.717, 1.165) is 23.2 Å². The average molecular weight is 444 g/mol. The Morgan fingerprint density at radius 3 is 2.35 bits per heavy atom. The molecule has 1 heterocycles. The minimum absolute atomic E-state index is 0. The summed E-state index contributed by atoms with van der Waals surface area (Å²) in [6.45, 7) is 7.99. The molecule has 0 unspecified atom stereocenters. The minimum Gasteiger partial charge on any atom is -0.352 e. The van der Waals surface area contributed by atoms with Crippen molar-refractivity contribution in [3.63, 3.8) is 0 Å². The van der Waals surface area contributed by atoms with Crippen molar-refractivity contribution in [3.05, 3.63) is 52.0 Å². The first-order valence-corrected chi connectivity index (χ1v) is 8.30. The minimum atomic E-state index is 0. The van der Waals surface area contributed by atoms with E-state index < -0.39 is 0 Å². The Hall–Kier alpha value is -1.15. The second kappa shape index (κ2) is 9.22. The molecule has 1 aromatic carbocycles. The lowest BCUT2D eigenvalue weighted by Crippen LogP contribution is -2.36. The van der Waals surface area contributed by atoms with Crippen LogP contribution in [-0.2, 0) is 18.5 Å². The van der Waals surface area contributed by atoms with E-state index in [-0.39, 0.29) is 29.4 Å². The van der Waals surface area contributed by atoms with Gasteiger partial charge in [-0.1, -0.05) is 51.1 Å². The number of hydrogen-bond acceptors (Lipinski definition) is 3. The molecule has 4 nitrogen and oxygen atoms in total. The van der Waals surface area contributed by atoms with E-state index in [0.29, 0.717) is 6.54 Å². The average Bonchev–Trinajstić information content (AvgIpc) is 2.97. The van der Waals surface area contributed by atoms with Gasteiger partial charge in [0, 0.05) is 24.4 Å². The molecule has 6 heteroatoms. The second-order valence-corrected chi connectivity index (χ2v) is 7.08. The van der Waals surface area contributed by atoms with Crippen molar-refractivity contribution < 1.29 is 0 Å². The number of nitrogens with zero attached hydrogens (tertiary/aromatic N) is 2. The van der Waals surface area contributed by atoms with Gasteiger partial charge in [0.25, 0.3) is 0 Å². The number of aliphatic imine (C=N–C) groups is 1. The third kappa shape index (κ3) is 6.47. The van der Waals surface area contributed by atoms with Crippen LogP contribution in [0.15, 0.2) is 40.7 Å².